The number of non-ortho nitro benzene ring substituents is 1. The van der Waals surface area contributed by atoms with Crippen LogP contribution >= 0.6 is 0 Å². The van der Waals surface area contributed by atoms with Crippen LogP contribution < -0.4 is 0 Å². The number of nitro groups is 1. The Balaban J connectivity index is 1.97. The molecule has 0 spiro atoms. The fourth-order valence-corrected chi connectivity index (χ4v) is 3.33. The van der Waals surface area contributed by atoms with Gasteiger partial charge in [0, 0.05) is 18.2 Å². The predicted molar refractivity (Wildman–Crippen MR) is 91.7 cm³/mol. The van der Waals surface area contributed by atoms with E-state index in [1.54, 1.807) is 12.1 Å². The number of benzene rings is 2. The van der Waals surface area contributed by atoms with Gasteiger partial charge in [0.15, 0.2) is 0 Å². The summed E-state index contributed by atoms with van der Waals surface area (Å²) in [6, 6.07) is 14.5. The Hall–Kier alpha value is -2.69. The number of amides is 1. The summed E-state index contributed by atoms with van der Waals surface area (Å²) in [5, 5.41) is 10.8. The Morgan fingerprint density at radius 3 is 2.04 bits per heavy atom. The summed E-state index contributed by atoms with van der Waals surface area (Å²) in [5.41, 5.74) is 3.14. The van der Waals surface area contributed by atoms with E-state index in [2.05, 4.69) is 0 Å². The molecule has 5 heteroatoms. The Labute approximate surface area is 141 Å². The van der Waals surface area contributed by atoms with E-state index < -0.39 is 4.92 Å². The van der Waals surface area contributed by atoms with Gasteiger partial charge in [0.05, 0.1) is 16.9 Å². The molecule has 2 aromatic carbocycles. The molecule has 24 heavy (non-hydrogen) atoms. The molecule has 3 rings (SSSR count). The Kier molecular flexibility index (Phi) is 4.09. The highest BCUT2D eigenvalue weighted by Crippen LogP contribution is 2.47. The van der Waals surface area contributed by atoms with Crippen LogP contribution in [0.1, 0.15) is 42.5 Å². The monoisotopic (exact) mass is 324 g/mol. The fraction of sp³-hybridized carbons (Fsp3) is 0.316. The molecular weight excluding hydrogens is 304 g/mol. The minimum absolute atomic E-state index is 0.0624. The van der Waals surface area contributed by atoms with E-state index in [0.29, 0.717) is 0 Å². The number of hydrogen-bond acceptors (Lipinski definition) is 3. The lowest BCUT2D eigenvalue weighted by Gasteiger charge is -2.50. The number of carbonyl (C=O) groups excluding carboxylic acids is 1. The Morgan fingerprint density at radius 2 is 1.54 bits per heavy atom. The van der Waals surface area contributed by atoms with Crippen LogP contribution in [0.2, 0.25) is 0 Å². The molecule has 1 fully saturated rings. The molecule has 1 aliphatic heterocycles. The maximum atomic E-state index is 12.7. The van der Waals surface area contributed by atoms with Gasteiger partial charge in [-0.25, -0.2) is 0 Å². The summed E-state index contributed by atoms with van der Waals surface area (Å²) in [6.45, 7) is 5.99. The van der Waals surface area contributed by atoms with Crippen molar-refractivity contribution in [1.82, 2.24) is 4.90 Å². The van der Waals surface area contributed by atoms with Gasteiger partial charge in [-0.05, 0) is 31.9 Å². The molecule has 1 heterocycles. The maximum absolute atomic E-state index is 12.7. The van der Waals surface area contributed by atoms with E-state index in [1.165, 1.54) is 12.1 Å². The van der Waals surface area contributed by atoms with Crippen LogP contribution in [0.25, 0.3) is 0 Å². The first-order valence-corrected chi connectivity index (χ1v) is 8.03. The van der Waals surface area contributed by atoms with Gasteiger partial charge in [0.25, 0.3) is 5.69 Å². The number of nitrogens with zero attached hydrogens (tertiary/aromatic N) is 2. The van der Waals surface area contributed by atoms with Crippen molar-refractivity contribution < 1.29 is 9.72 Å². The standard InChI is InChI=1S/C19H20N2O3/c1-12(2)20-18(15-8-10-16(11-9-15)21(23)24)17(19(20)22)14-6-4-13(3)5-7-14/h4-12,17-18H,1-3H3/t17-,18-/m1/s1. The van der Waals surface area contributed by atoms with Crippen LogP contribution in [0.4, 0.5) is 5.69 Å². The lowest BCUT2D eigenvalue weighted by molar-refractivity contribution is -0.384. The number of rotatable bonds is 4. The molecule has 2 aromatic rings. The second kappa shape index (κ2) is 6.07. The van der Waals surface area contributed by atoms with Gasteiger partial charge in [0.2, 0.25) is 5.91 Å². The number of likely N-dealkylation sites (tertiary alicyclic amines) is 1. The molecule has 5 nitrogen and oxygen atoms in total. The second-order valence-corrected chi connectivity index (χ2v) is 6.52. The number of hydrogen-bond donors (Lipinski definition) is 0. The quantitative estimate of drug-likeness (QED) is 0.485. The topological polar surface area (TPSA) is 63.5 Å². The zero-order valence-corrected chi connectivity index (χ0v) is 14.0. The molecule has 2 atom stereocenters. The van der Waals surface area contributed by atoms with Crippen LogP contribution in [0.15, 0.2) is 48.5 Å². The number of nitro benzene ring substituents is 1. The lowest BCUT2D eigenvalue weighted by atomic mass is 9.77. The van der Waals surface area contributed by atoms with Gasteiger partial charge in [-0.15, -0.1) is 0 Å². The zero-order chi connectivity index (χ0) is 17.4. The van der Waals surface area contributed by atoms with Crippen molar-refractivity contribution in [3.63, 3.8) is 0 Å². The molecule has 1 saturated heterocycles. The largest absolute Gasteiger partial charge is 0.331 e. The number of carbonyl (C=O) groups is 1. The average Bonchev–Trinajstić information content (AvgIpc) is 2.54. The van der Waals surface area contributed by atoms with Crippen molar-refractivity contribution in [3.8, 4) is 0 Å². The number of β-lactam (4-membered cyclic amide) rings is 1. The van der Waals surface area contributed by atoms with Gasteiger partial charge < -0.3 is 4.90 Å². The summed E-state index contributed by atoms with van der Waals surface area (Å²) in [7, 11) is 0. The van der Waals surface area contributed by atoms with Crippen molar-refractivity contribution in [3.05, 3.63) is 75.3 Å². The Morgan fingerprint density at radius 1 is 1.00 bits per heavy atom. The molecule has 0 saturated carbocycles. The highest BCUT2D eigenvalue weighted by molar-refractivity contribution is 5.91. The fourth-order valence-electron chi connectivity index (χ4n) is 3.33. The number of aryl methyl sites for hydroxylation is 1. The summed E-state index contributed by atoms with van der Waals surface area (Å²) < 4.78 is 0. The minimum Gasteiger partial charge on any atom is -0.331 e. The molecule has 1 amide bonds. The second-order valence-electron chi connectivity index (χ2n) is 6.52. The summed E-state index contributed by atoms with van der Waals surface area (Å²) in [4.78, 5) is 25.0. The van der Waals surface area contributed by atoms with Gasteiger partial charge in [-0.2, -0.15) is 0 Å². The zero-order valence-electron chi connectivity index (χ0n) is 14.0. The van der Waals surface area contributed by atoms with E-state index >= 15 is 0 Å². The van der Waals surface area contributed by atoms with Gasteiger partial charge in [-0.1, -0.05) is 42.0 Å². The third-order valence-corrected chi connectivity index (χ3v) is 4.57. The molecule has 124 valence electrons. The molecular formula is C19H20N2O3. The van der Waals surface area contributed by atoms with Crippen molar-refractivity contribution >= 4 is 11.6 Å². The Bertz CT molecular complexity index is 766. The molecule has 0 aliphatic carbocycles. The third-order valence-electron chi connectivity index (χ3n) is 4.57. The smallest absolute Gasteiger partial charge is 0.269 e. The first-order chi connectivity index (χ1) is 11.4. The van der Waals surface area contributed by atoms with Crippen molar-refractivity contribution in [1.29, 1.82) is 0 Å². The van der Waals surface area contributed by atoms with Crippen molar-refractivity contribution in [2.45, 2.75) is 38.8 Å². The summed E-state index contributed by atoms with van der Waals surface area (Å²) >= 11 is 0. The van der Waals surface area contributed by atoms with Crippen molar-refractivity contribution in [2.75, 3.05) is 0 Å². The molecule has 0 aromatic heterocycles. The minimum atomic E-state index is -0.409. The molecule has 0 N–H and O–H groups in total. The van der Waals surface area contributed by atoms with Crippen LogP contribution in [0.3, 0.4) is 0 Å². The summed E-state index contributed by atoms with van der Waals surface area (Å²) in [5.74, 6) is -0.119. The van der Waals surface area contributed by atoms with Crippen LogP contribution in [-0.2, 0) is 4.79 Å². The maximum Gasteiger partial charge on any atom is 0.269 e. The molecule has 0 radical (unpaired) electrons. The molecule has 1 aliphatic rings. The van der Waals surface area contributed by atoms with Gasteiger partial charge >= 0.3 is 0 Å². The predicted octanol–water partition coefficient (Wildman–Crippen LogP) is 3.98. The van der Waals surface area contributed by atoms with E-state index in [-0.39, 0.29) is 29.6 Å². The van der Waals surface area contributed by atoms with Gasteiger partial charge in [0.1, 0.15) is 0 Å². The average molecular weight is 324 g/mol. The van der Waals surface area contributed by atoms with E-state index in [9.17, 15) is 14.9 Å². The highest BCUT2D eigenvalue weighted by Gasteiger charge is 2.49. The van der Waals surface area contributed by atoms with Crippen molar-refractivity contribution in [2.24, 2.45) is 0 Å². The first kappa shape index (κ1) is 16.2. The van der Waals surface area contributed by atoms with E-state index in [0.717, 1.165) is 16.7 Å². The van der Waals surface area contributed by atoms with Crippen LogP contribution in [0.5, 0.6) is 0 Å². The SMILES string of the molecule is Cc1ccc([C@H]2C(=O)N(C(C)C)[C@@H]2c2ccc([N+](=O)[O-])cc2)cc1. The van der Waals surface area contributed by atoms with Crippen LogP contribution in [0, 0.1) is 17.0 Å². The highest BCUT2D eigenvalue weighted by atomic mass is 16.6. The molecule has 0 unspecified atom stereocenters. The lowest BCUT2D eigenvalue weighted by Crippen LogP contribution is -2.56. The summed E-state index contributed by atoms with van der Waals surface area (Å²) in [6.07, 6.45) is 0. The normalized spacial score (nSPS) is 20.2. The van der Waals surface area contributed by atoms with E-state index in [4.69, 9.17) is 0 Å². The molecule has 0 bridgehead atoms. The van der Waals surface area contributed by atoms with E-state index in [1.807, 2.05) is 49.9 Å². The van der Waals surface area contributed by atoms with Gasteiger partial charge in [-0.3, -0.25) is 14.9 Å². The van der Waals surface area contributed by atoms with Crippen LogP contribution in [-0.4, -0.2) is 21.8 Å². The first-order valence-electron chi connectivity index (χ1n) is 8.03. The third kappa shape index (κ3) is 2.66.